The molecule has 0 aliphatic carbocycles. The molecule has 0 radical (unpaired) electrons. The second kappa shape index (κ2) is 12.1. The van der Waals surface area contributed by atoms with Gasteiger partial charge in [0.2, 0.25) is 0 Å². The van der Waals surface area contributed by atoms with E-state index in [1.165, 1.54) is 40.8 Å². The van der Waals surface area contributed by atoms with E-state index in [0.29, 0.717) is 17.9 Å². The quantitative estimate of drug-likeness (QED) is 0.347. The summed E-state index contributed by atoms with van der Waals surface area (Å²) >= 11 is 6.07. The van der Waals surface area contributed by atoms with E-state index in [-0.39, 0.29) is 0 Å². The highest BCUT2D eigenvalue weighted by molar-refractivity contribution is 6.30. The summed E-state index contributed by atoms with van der Waals surface area (Å²) in [5.74, 6) is 1.24. The van der Waals surface area contributed by atoms with Crippen molar-refractivity contribution < 1.29 is 0 Å². The molecule has 0 bridgehead atoms. The first-order chi connectivity index (χ1) is 16.9. The molecule has 4 rings (SSSR count). The van der Waals surface area contributed by atoms with Gasteiger partial charge in [0.05, 0.1) is 0 Å². The molecule has 0 unspecified atom stereocenters. The van der Waals surface area contributed by atoms with Gasteiger partial charge in [-0.1, -0.05) is 67.9 Å². The van der Waals surface area contributed by atoms with Crippen molar-refractivity contribution in [3.05, 3.63) is 88.9 Å². The van der Waals surface area contributed by atoms with Gasteiger partial charge in [0, 0.05) is 43.9 Å². The van der Waals surface area contributed by atoms with Crippen molar-refractivity contribution in [1.29, 1.82) is 0 Å². The van der Waals surface area contributed by atoms with Crippen LogP contribution < -0.4 is 10.2 Å². The van der Waals surface area contributed by atoms with Crippen molar-refractivity contribution in [2.75, 3.05) is 38.6 Å². The Labute approximate surface area is 217 Å². The zero-order chi connectivity index (χ0) is 24.8. The van der Waals surface area contributed by atoms with Crippen molar-refractivity contribution in [2.45, 2.75) is 45.2 Å². The maximum Gasteiger partial charge on any atom is 0.0406 e. The zero-order valence-electron chi connectivity index (χ0n) is 21.7. The van der Waals surface area contributed by atoms with Crippen molar-refractivity contribution in [3.63, 3.8) is 0 Å². The van der Waals surface area contributed by atoms with Crippen LogP contribution in [0.5, 0.6) is 0 Å². The maximum atomic E-state index is 6.07. The third-order valence-electron chi connectivity index (χ3n) is 7.38. The van der Waals surface area contributed by atoms with E-state index in [2.05, 4.69) is 104 Å². The molecule has 3 nitrogen and oxygen atoms in total. The predicted molar refractivity (Wildman–Crippen MR) is 152 cm³/mol. The molecule has 0 spiro atoms. The van der Waals surface area contributed by atoms with E-state index < -0.39 is 0 Å². The molecule has 3 aromatic carbocycles. The van der Waals surface area contributed by atoms with Gasteiger partial charge in [0.1, 0.15) is 0 Å². The monoisotopic (exact) mass is 489 g/mol. The molecule has 1 heterocycles. The van der Waals surface area contributed by atoms with Crippen LogP contribution in [0, 0.1) is 5.92 Å². The summed E-state index contributed by atoms with van der Waals surface area (Å²) in [5.41, 5.74) is 6.54. The fourth-order valence-corrected chi connectivity index (χ4v) is 5.17. The number of nitrogens with zero attached hydrogens (tertiary/aromatic N) is 2. The van der Waals surface area contributed by atoms with E-state index in [0.717, 1.165) is 31.2 Å². The van der Waals surface area contributed by atoms with E-state index in [1.54, 1.807) is 0 Å². The van der Waals surface area contributed by atoms with Gasteiger partial charge in [-0.25, -0.2) is 0 Å². The molecule has 0 saturated carbocycles. The summed E-state index contributed by atoms with van der Waals surface area (Å²) < 4.78 is 0. The summed E-state index contributed by atoms with van der Waals surface area (Å²) in [6.07, 6.45) is 2.45. The van der Waals surface area contributed by atoms with Crippen LogP contribution in [0.4, 0.5) is 5.69 Å². The van der Waals surface area contributed by atoms with Crippen LogP contribution in [0.3, 0.4) is 0 Å². The van der Waals surface area contributed by atoms with Gasteiger partial charge < -0.3 is 15.1 Å². The average molecular weight is 490 g/mol. The van der Waals surface area contributed by atoms with Crippen molar-refractivity contribution in [2.24, 2.45) is 5.92 Å². The van der Waals surface area contributed by atoms with Crippen LogP contribution in [-0.4, -0.2) is 44.7 Å². The van der Waals surface area contributed by atoms with Crippen LogP contribution in [0.1, 0.15) is 43.7 Å². The molecule has 3 aromatic rings. The first kappa shape index (κ1) is 25.8. The average Bonchev–Trinajstić information content (AvgIpc) is 2.87. The SMILES string of the molecule is CC(C)[C@H](CN1CCC(c2ccc(Cl)cc2)CC1)NCc1cccc(-c2cccc(N(C)C)c2)c1. The first-order valence-corrected chi connectivity index (χ1v) is 13.3. The first-order valence-electron chi connectivity index (χ1n) is 13.0. The van der Waals surface area contributed by atoms with E-state index in [1.807, 2.05) is 12.1 Å². The summed E-state index contributed by atoms with van der Waals surface area (Å²) in [6.45, 7) is 9.00. The third-order valence-corrected chi connectivity index (χ3v) is 7.63. The van der Waals surface area contributed by atoms with Crippen molar-refractivity contribution in [1.82, 2.24) is 10.2 Å². The molecule has 1 atom stereocenters. The number of rotatable bonds is 9. The molecule has 1 fully saturated rings. The lowest BCUT2D eigenvalue weighted by atomic mass is 9.89. The topological polar surface area (TPSA) is 18.5 Å². The third kappa shape index (κ3) is 7.10. The number of hydrogen-bond acceptors (Lipinski definition) is 3. The van der Waals surface area contributed by atoms with E-state index >= 15 is 0 Å². The Morgan fingerprint density at radius 3 is 2.23 bits per heavy atom. The highest BCUT2D eigenvalue weighted by atomic mass is 35.5. The number of halogens is 1. The Morgan fingerprint density at radius 2 is 1.57 bits per heavy atom. The minimum Gasteiger partial charge on any atom is -0.378 e. The van der Waals surface area contributed by atoms with Gasteiger partial charge in [-0.15, -0.1) is 0 Å². The van der Waals surface area contributed by atoms with Crippen LogP contribution in [0.2, 0.25) is 5.02 Å². The molecule has 1 saturated heterocycles. The highest BCUT2D eigenvalue weighted by Crippen LogP contribution is 2.29. The van der Waals surface area contributed by atoms with Gasteiger partial charge in [0.15, 0.2) is 0 Å². The maximum absolute atomic E-state index is 6.07. The molecule has 1 aliphatic heterocycles. The standard InChI is InChI=1S/C31H40ClN3/c1-23(2)31(22-35-17-15-26(16-18-35)25-11-13-29(32)14-12-25)33-21-24-7-5-8-27(19-24)28-9-6-10-30(20-28)34(3)4/h5-14,19-20,23,26,31,33H,15-18,21-22H2,1-4H3/t31-/m0/s1. The molecule has 1 aliphatic rings. The van der Waals surface area contributed by atoms with Crippen LogP contribution in [-0.2, 0) is 6.54 Å². The van der Waals surface area contributed by atoms with Gasteiger partial charge in [-0.3, -0.25) is 0 Å². The lowest BCUT2D eigenvalue weighted by molar-refractivity contribution is 0.175. The molecule has 0 aromatic heterocycles. The lowest BCUT2D eigenvalue weighted by Crippen LogP contribution is -2.46. The molecule has 35 heavy (non-hydrogen) atoms. The predicted octanol–water partition coefficient (Wildman–Crippen LogP) is 7.07. The second-order valence-corrected chi connectivity index (χ2v) is 10.9. The Morgan fingerprint density at radius 1 is 0.914 bits per heavy atom. The number of hydrogen-bond donors (Lipinski definition) is 1. The van der Waals surface area contributed by atoms with E-state index in [4.69, 9.17) is 11.6 Å². The number of benzene rings is 3. The van der Waals surface area contributed by atoms with Crippen LogP contribution in [0.15, 0.2) is 72.8 Å². The molecule has 1 N–H and O–H groups in total. The van der Waals surface area contributed by atoms with E-state index in [9.17, 15) is 0 Å². The molecular weight excluding hydrogens is 450 g/mol. The number of nitrogens with one attached hydrogen (secondary N) is 1. The molecule has 186 valence electrons. The highest BCUT2D eigenvalue weighted by Gasteiger charge is 2.24. The van der Waals surface area contributed by atoms with Crippen molar-refractivity contribution >= 4 is 17.3 Å². The summed E-state index contributed by atoms with van der Waals surface area (Å²) in [7, 11) is 4.18. The normalized spacial score (nSPS) is 15.9. The van der Waals surface area contributed by atoms with Crippen LogP contribution >= 0.6 is 11.6 Å². The molecule has 0 amide bonds. The second-order valence-electron chi connectivity index (χ2n) is 10.5. The van der Waals surface area contributed by atoms with Crippen molar-refractivity contribution in [3.8, 4) is 11.1 Å². The van der Waals surface area contributed by atoms with Gasteiger partial charge >= 0.3 is 0 Å². The lowest BCUT2D eigenvalue weighted by Gasteiger charge is -2.36. The summed E-state index contributed by atoms with van der Waals surface area (Å²) in [5, 5.41) is 4.70. The minimum absolute atomic E-state index is 0.475. The Kier molecular flexibility index (Phi) is 8.89. The van der Waals surface area contributed by atoms with Gasteiger partial charge in [-0.2, -0.15) is 0 Å². The largest absolute Gasteiger partial charge is 0.378 e. The summed E-state index contributed by atoms with van der Waals surface area (Å²) in [6, 6.07) is 26.6. The van der Waals surface area contributed by atoms with Gasteiger partial charge in [0.25, 0.3) is 0 Å². The molecular formula is C31H40ClN3. The van der Waals surface area contributed by atoms with Gasteiger partial charge in [-0.05, 0) is 90.4 Å². The number of piperidine rings is 1. The zero-order valence-corrected chi connectivity index (χ0v) is 22.4. The Balaban J connectivity index is 1.33. The van der Waals surface area contributed by atoms with Crippen LogP contribution in [0.25, 0.3) is 11.1 Å². The molecule has 4 heteroatoms. The fraction of sp³-hybridized carbons (Fsp3) is 0.419. The summed E-state index contributed by atoms with van der Waals surface area (Å²) in [4.78, 5) is 4.80. The minimum atomic E-state index is 0.475. The smallest absolute Gasteiger partial charge is 0.0406 e. The Bertz CT molecular complexity index is 1070. The Hall–Kier alpha value is -2.33. The number of likely N-dealkylation sites (tertiary alicyclic amines) is 1. The number of anilines is 1. The fourth-order valence-electron chi connectivity index (χ4n) is 5.05.